The quantitative estimate of drug-likeness (QED) is 0.415. The fraction of sp³-hybridized carbons (Fsp3) is 0.545. The number of carbonyl (C=O) groups is 4. The standard InChI is InChI=1S/C22H26O8/c1-6-10(2)20(26)28-15-8-13(9-23)17-14(25)7-11(3)16(17)19-18(15)22(5,21(27)29-19)30-12(4)24/h6-7,15-16,18-19,23H,8-9H2,1-5H3/b10-6+/t15-,16+,18+,19-,22-/m0/s1. The van der Waals surface area contributed by atoms with Gasteiger partial charge in [0.1, 0.15) is 12.2 Å². The molecule has 0 aromatic rings. The Kier molecular flexibility index (Phi) is 5.73. The molecule has 3 rings (SSSR count). The van der Waals surface area contributed by atoms with Crippen molar-refractivity contribution in [2.75, 3.05) is 6.61 Å². The zero-order valence-electron chi connectivity index (χ0n) is 17.7. The SMILES string of the molecule is C/C=C(\C)C(=O)O[C@H]1CC(CO)=C2C(=O)C=C(C)[C@H]2[C@@H]2OC(=O)[C@@](C)(OC(C)=O)[C@@H]21. The second kappa shape index (κ2) is 7.83. The molecule has 0 amide bonds. The zero-order chi connectivity index (χ0) is 22.4. The molecule has 162 valence electrons. The summed E-state index contributed by atoms with van der Waals surface area (Å²) in [5.41, 5.74) is 0.108. The average molecular weight is 418 g/mol. The summed E-state index contributed by atoms with van der Waals surface area (Å²) in [6, 6.07) is 0. The van der Waals surface area contributed by atoms with E-state index in [-0.39, 0.29) is 12.2 Å². The molecule has 1 aliphatic heterocycles. The van der Waals surface area contributed by atoms with Gasteiger partial charge >= 0.3 is 17.9 Å². The lowest BCUT2D eigenvalue weighted by molar-refractivity contribution is -0.176. The molecule has 3 aliphatic rings. The van der Waals surface area contributed by atoms with Crippen LogP contribution in [0.15, 0.2) is 34.4 Å². The lowest BCUT2D eigenvalue weighted by Crippen LogP contribution is -2.50. The second-order valence-corrected chi connectivity index (χ2v) is 8.12. The van der Waals surface area contributed by atoms with Crippen LogP contribution in [0.3, 0.4) is 0 Å². The Morgan fingerprint density at radius 1 is 1.33 bits per heavy atom. The molecule has 0 aromatic carbocycles. The molecule has 1 N–H and O–H groups in total. The summed E-state index contributed by atoms with van der Waals surface area (Å²) < 4.78 is 16.8. The van der Waals surface area contributed by atoms with E-state index >= 15 is 0 Å². The highest BCUT2D eigenvalue weighted by Crippen LogP contribution is 2.51. The van der Waals surface area contributed by atoms with Crippen molar-refractivity contribution in [3.63, 3.8) is 0 Å². The van der Waals surface area contributed by atoms with Gasteiger partial charge in [-0.2, -0.15) is 0 Å². The van der Waals surface area contributed by atoms with Crippen LogP contribution in [-0.4, -0.2) is 53.2 Å². The van der Waals surface area contributed by atoms with Crippen LogP contribution >= 0.6 is 0 Å². The molecule has 0 spiro atoms. The monoisotopic (exact) mass is 418 g/mol. The predicted molar refractivity (Wildman–Crippen MR) is 104 cm³/mol. The third kappa shape index (κ3) is 3.39. The highest BCUT2D eigenvalue weighted by Gasteiger charge is 2.65. The molecule has 0 bridgehead atoms. The summed E-state index contributed by atoms with van der Waals surface area (Å²) in [4.78, 5) is 49.8. The summed E-state index contributed by atoms with van der Waals surface area (Å²) >= 11 is 0. The Hall–Kier alpha value is -2.74. The third-order valence-electron chi connectivity index (χ3n) is 6.18. The molecule has 0 unspecified atom stereocenters. The number of rotatable bonds is 4. The maximum Gasteiger partial charge on any atom is 0.351 e. The van der Waals surface area contributed by atoms with Crippen molar-refractivity contribution >= 4 is 23.7 Å². The van der Waals surface area contributed by atoms with E-state index in [2.05, 4.69) is 0 Å². The summed E-state index contributed by atoms with van der Waals surface area (Å²) in [7, 11) is 0. The van der Waals surface area contributed by atoms with Gasteiger partial charge in [0.2, 0.25) is 5.60 Å². The van der Waals surface area contributed by atoms with E-state index in [1.807, 2.05) is 0 Å². The molecular weight excluding hydrogens is 392 g/mol. The number of hydrogen-bond acceptors (Lipinski definition) is 8. The Morgan fingerprint density at radius 3 is 2.57 bits per heavy atom. The van der Waals surface area contributed by atoms with Crippen LogP contribution in [0.2, 0.25) is 0 Å². The number of ether oxygens (including phenoxy) is 3. The number of allylic oxidation sites excluding steroid dienone is 2. The van der Waals surface area contributed by atoms with E-state index < -0.39 is 54.2 Å². The number of ketones is 1. The van der Waals surface area contributed by atoms with Gasteiger partial charge in [-0.3, -0.25) is 9.59 Å². The molecule has 1 saturated heterocycles. The second-order valence-electron chi connectivity index (χ2n) is 8.12. The highest BCUT2D eigenvalue weighted by atomic mass is 16.6. The summed E-state index contributed by atoms with van der Waals surface area (Å²) in [6.45, 7) is 7.23. The molecule has 2 aliphatic carbocycles. The first-order valence-electron chi connectivity index (χ1n) is 9.85. The first-order valence-corrected chi connectivity index (χ1v) is 9.85. The van der Waals surface area contributed by atoms with Crippen molar-refractivity contribution in [1.29, 1.82) is 0 Å². The van der Waals surface area contributed by atoms with Gasteiger partial charge in [0.15, 0.2) is 5.78 Å². The maximum absolute atomic E-state index is 12.8. The van der Waals surface area contributed by atoms with Gasteiger partial charge in [0, 0.05) is 30.4 Å². The fourth-order valence-corrected chi connectivity index (χ4v) is 4.68. The number of esters is 3. The molecule has 0 aromatic heterocycles. The van der Waals surface area contributed by atoms with Crippen molar-refractivity contribution in [3.8, 4) is 0 Å². The Balaban J connectivity index is 2.16. The van der Waals surface area contributed by atoms with Crippen molar-refractivity contribution in [3.05, 3.63) is 34.4 Å². The molecular formula is C22H26O8. The molecule has 0 saturated carbocycles. The smallest absolute Gasteiger partial charge is 0.351 e. The average Bonchev–Trinajstić information content (AvgIpc) is 3.03. The molecule has 8 nitrogen and oxygen atoms in total. The van der Waals surface area contributed by atoms with Crippen LogP contribution < -0.4 is 0 Å². The van der Waals surface area contributed by atoms with Gasteiger partial charge in [-0.15, -0.1) is 0 Å². The van der Waals surface area contributed by atoms with E-state index in [1.54, 1.807) is 26.8 Å². The van der Waals surface area contributed by atoms with Gasteiger partial charge < -0.3 is 19.3 Å². The van der Waals surface area contributed by atoms with E-state index in [1.165, 1.54) is 19.9 Å². The number of aliphatic hydroxyl groups is 1. The van der Waals surface area contributed by atoms with Gasteiger partial charge in [0.25, 0.3) is 0 Å². The van der Waals surface area contributed by atoms with Crippen LogP contribution in [0.1, 0.15) is 41.0 Å². The molecule has 8 heteroatoms. The van der Waals surface area contributed by atoms with Crippen LogP contribution in [0.4, 0.5) is 0 Å². The van der Waals surface area contributed by atoms with Crippen molar-refractivity contribution in [2.24, 2.45) is 11.8 Å². The summed E-state index contributed by atoms with van der Waals surface area (Å²) in [5.74, 6) is -3.76. The Morgan fingerprint density at radius 2 is 2.00 bits per heavy atom. The Bertz CT molecular complexity index is 908. The van der Waals surface area contributed by atoms with E-state index in [0.29, 0.717) is 22.3 Å². The van der Waals surface area contributed by atoms with Gasteiger partial charge in [-0.05, 0) is 39.3 Å². The van der Waals surface area contributed by atoms with Crippen molar-refractivity contribution in [1.82, 2.24) is 0 Å². The van der Waals surface area contributed by atoms with Crippen LogP contribution in [-0.2, 0) is 33.4 Å². The highest BCUT2D eigenvalue weighted by molar-refractivity contribution is 6.09. The normalized spacial score (nSPS) is 33.4. The van der Waals surface area contributed by atoms with Crippen LogP contribution in [0, 0.1) is 11.8 Å². The summed E-state index contributed by atoms with van der Waals surface area (Å²) in [5, 5.41) is 9.99. The topological polar surface area (TPSA) is 116 Å². The third-order valence-corrected chi connectivity index (χ3v) is 6.18. The number of fused-ring (bicyclic) bond motifs is 3. The molecule has 5 atom stereocenters. The van der Waals surface area contributed by atoms with E-state index in [0.717, 1.165) is 0 Å². The van der Waals surface area contributed by atoms with Crippen molar-refractivity contribution < 1.29 is 38.5 Å². The molecule has 0 radical (unpaired) electrons. The lowest BCUT2D eigenvalue weighted by Gasteiger charge is -2.34. The van der Waals surface area contributed by atoms with E-state index in [4.69, 9.17) is 14.2 Å². The minimum absolute atomic E-state index is 0.0204. The molecule has 30 heavy (non-hydrogen) atoms. The van der Waals surface area contributed by atoms with Crippen LogP contribution in [0.25, 0.3) is 0 Å². The largest absolute Gasteiger partial charge is 0.458 e. The summed E-state index contributed by atoms with van der Waals surface area (Å²) in [6.07, 6.45) is 1.24. The van der Waals surface area contributed by atoms with E-state index in [9.17, 15) is 24.3 Å². The van der Waals surface area contributed by atoms with Gasteiger partial charge in [-0.1, -0.05) is 11.6 Å². The van der Waals surface area contributed by atoms with Crippen molar-refractivity contribution in [2.45, 2.75) is 58.8 Å². The maximum atomic E-state index is 12.8. The minimum atomic E-state index is -1.70. The first-order chi connectivity index (χ1) is 14.0. The first kappa shape index (κ1) is 22.0. The van der Waals surface area contributed by atoms with Gasteiger partial charge in [-0.25, -0.2) is 9.59 Å². The fourth-order valence-electron chi connectivity index (χ4n) is 4.68. The number of hydrogen-bond donors (Lipinski definition) is 1. The predicted octanol–water partition coefficient (Wildman–Crippen LogP) is 1.57. The molecule has 1 fully saturated rings. The lowest BCUT2D eigenvalue weighted by atomic mass is 9.77. The minimum Gasteiger partial charge on any atom is -0.458 e. The Labute approximate surface area is 174 Å². The van der Waals surface area contributed by atoms with Gasteiger partial charge in [0.05, 0.1) is 12.5 Å². The number of aliphatic hydroxyl groups excluding tert-OH is 1. The molecule has 1 heterocycles. The number of carbonyl (C=O) groups excluding carboxylic acids is 4. The van der Waals surface area contributed by atoms with Crippen LogP contribution in [0.5, 0.6) is 0 Å². The zero-order valence-corrected chi connectivity index (χ0v) is 17.7.